The fourth-order valence-corrected chi connectivity index (χ4v) is 2.20. The van der Waals surface area contributed by atoms with Gasteiger partial charge in [0.1, 0.15) is 0 Å². The third-order valence-electron chi connectivity index (χ3n) is 2.69. The first kappa shape index (κ1) is 16.9. The lowest BCUT2D eigenvalue weighted by molar-refractivity contribution is -0.120. The van der Waals surface area contributed by atoms with Gasteiger partial charge in [-0.25, -0.2) is 14.6 Å². The monoisotopic (exact) mass is 314 g/mol. The highest BCUT2D eigenvalue weighted by Gasteiger charge is 2.11. The molecule has 8 nitrogen and oxygen atoms in total. The van der Waals surface area contributed by atoms with Crippen molar-refractivity contribution in [2.75, 3.05) is 27.2 Å². The zero-order chi connectivity index (χ0) is 15.8. The summed E-state index contributed by atoms with van der Waals surface area (Å²) in [6, 6.07) is -0.283. The average Bonchev–Trinajstić information content (AvgIpc) is 2.93. The molecule has 1 rings (SSSR count). The molecule has 0 radical (unpaired) electrons. The topological polar surface area (TPSA) is 112 Å². The second-order valence-electron chi connectivity index (χ2n) is 4.26. The molecular formula is C12H18N4O4S. The van der Waals surface area contributed by atoms with Crippen molar-refractivity contribution in [3.63, 3.8) is 0 Å². The Morgan fingerprint density at radius 3 is 2.71 bits per heavy atom. The van der Waals surface area contributed by atoms with Crippen LogP contribution in [0.15, 0.2) is 5.38 Å². The fourth-order valence-electron chi connectivity index (χ4n) is 1.43. The molecule has 1 aromatic heterocycles. The van der Waals surface area contributed by atoms with E-state index in [0.29, 0.717) is 24.5 Å². The number of carbonyl (C=O) groups is 3. The number of carboxylic acids is 1. The molecule has 0 spiro atoms. The van der Waals surface area contributed by atoms with Crippen LogP contribution in [0, 0.1) is 0 Å². The summed E-state index contributed by atoms with van der Waals surface area (Å²) in [6.45, 7) is 0.682. The second-order valence-corrected chi connectivity index (χ2v) is 5.20. The highest BCUT2D eigenvalue weighted by molar-refractivity contribution is 7.09. The first-order chi connectivity index (χ1) is 9.93. The molecule has 0 aliphatic heterocycles. The van der Waals surface area contributed by atoms with Gasteiger partial charge < -0.3 is 20.6 Å². The number of carboxylic acid groups (broad SMARTS) is 1. The van der Waals surface area contributed by atoms with Crippen molar-refractivity contribution in [2.45, 2.75) is 12.8 Å². The molecule has 3 N–H and O–H groups in total. The summed E-state index contributed by atoms with van der Waals surface area (Å²) in [5, 5.41) is 16.0. The molecule has 3 amide bonds. The maximum Gasteiger partial charge on any atom is 0.355 e. The Balaban J connectivity index is 2.28. The number of thiazole rings is 1. The van der Waals surface area contributed by atoms with Gasteiger partial charge in [-0.3, -0.25) is 4.79 Å². The number of urea groups is 1. The van der Waals surface area contributed by atoms with E-state index in [1.807, 2.05) is 0 Å². The van der Waals surface area contributed by atoms with Crippen LogP contribution < -0.4 is 10.6 Å². The Labute approximate surface area is 126 Å². The van der Waals surface area contributed by atoms with Crippen LogP contribution in [0.1, 0.15) is 21.9 Å². The predicted molar refractivity (Wildman–Crippen MR) is 77.5 cm³/mol. The molecule has 9 heteroatoms. The van der Waals surface area contributed by atoms with Crippen molar-refractivity contribution in [2.24, 2.45) is 0 Å². The lowest BCUT2D eigenvalue weighted by Crippen LogP contribution is -2.39. The molecule has 0 saturated carbocycles. The van der Waals surface area contributed by atoms with Crippen molar-refractivity contribution >= 4 is 29.2 Å². The van der Waals surface area contributed by atoms with E-state index in [1.54, 1.807) is 14.1 Å². The first-order valence-corrected chi connectivity index (χ1v) is 7.19. The first-order valence-electron chi connectivity index (χ1n) is 6.31. The molecule has 0 unspecified atom stereocenters. The fraction of sp³-hybridized carbons (Fsp3) is 0.500. The van der Waals surface area contributed by atoms with Crippen molar-refractivity contribution in [1.82, 2.24) is 20.5 Å². The predicted octanol–water partition coefficient (Wildman–Crippen LogP) is 0.161. The Morgan fingerprint density at radius 1 is 1.43 bits per heavy atom. The Bertz CT molecular complexity index is 517. The molecular weight excluding hydrogens is 296 g/mol. The third kappa shape index (κ3) is 5.78. The molecule has 0 atom stereocenters. The van der Waals surface area contributed by atoms with E-state index in [-0.39, 0.29) is 24.1 Å². The summed E-state index contributed by atoms with van der Waals surface area (Å²) >= 11 is 1.25. The van der Waals surface area contributed by atoms with Crippen LogP contribution in [0.4, 0.5) is 4.79 Å². The molecule has 0 saturated heterocycles. The van der Waals surface area contributed by atoms with Gasteiger partial charge in [0, 0.05) is 45.4 Å². The number of hydrogen-bond acceptors (Lipinski definition) is 5. The number of carbonyl (C=O) groups excluding carboxylic acids is 2. The summed E-state index contributed by atoms with van der Waals surface area (Å²) in [5.41, 5.74) is 0.0176. The number of nitrogens with one attached hydrogen (secondary N) is 2. The van der Waals surface area contributed by atoms with E-state index in [0.717, 1.165) is 0 Å². The van der Waals surface area contributed by atoms with Crippen LogP contribution in [0.5, 0.6) is 0 Å². The second kappa shape index (κ2) is 8.20. The zero-order valence-electron chi connectivity index (χ0n) is 11.9. The Kier molecular flexibility index (Phi) is 6.60. The SMILES string of the molecule is CNC(=O)CCN(C)C(=O)NCCc1nc(C(=O)O)cs1. The van der Waals surface area contributed by atoms with Crippen LogP contribution in [0.2, 0.25) is 0 Å². The van der Waals surface area contributed by atoms with E-state index >= 15 is 0 Å². The highest BCUT2D eigenvalue weighted by Crippen LogP contribution is 2.09. The Morgan fingerprint density at radius 2 is 2.14 bits per heavy atom. The standard InChI is InChI=1S/C12H18N4O4S/c1-13-9(17)4-6-16(2)12(20)14-5-3-10-15-8(7-21-10)11(18)19/h7H,3-6H2,1-2H3,(H,13,17)(H,14,20)(H,18,19). The summed E-state index contributed by atoms with van der Waals surface area (Å²) < 4.78 is 0. The number of aromatic nitrogens is 1. The minimum absolute atomic E-state index is 0.0176. The van der Waals surface area contributed by atoms with Gasteiger partial charge in [-0.2, -0.15) is 0 Å². The van der Waals surface area contributed by atoms with Gasteiger partial charge in [0.25, 0.3) is 0 Å². The maximum absolute atomic E-state index is 11.7. The summed E-state index contributed by atoms with van der Waals surface area (Å²) in [7, 11) is 3.14. The van der Waals surface area contributed by atoms with Crippen LogP contribution >= 0.6 is 11.3 Å². The lowest BCUT2D eigenvalue weighted by Gasteiger charge is -2.17. The molecule has 116 valence electrons. The van der Waals surface area contributed by atoms with Gasteiger partial charge >= 0.3 is 12.0 Å². The maximum atomic E-state index is 11.7. The number of aromatic carboxylic acids is 1. The molecule has 0 bridgehead atoms. The quantitative estimate of drug-likeness (QED) is 0.664. The number of nitrogens with zero attached hydrogens (tertiary/aromatic N) is 2. The number of hydrogen-bond donors (Lipinski definition) is 3. The largest absolute Gasteiger partial charge is 0.476 e. The zero-order valence-corrected chi connectivity index (χ0v) is 12.7. The molecule has 1 heterocycles. The van der Waals surface area contributed by atoms with Gasteiger partial charge in [0.15, 0.2) is 5.69 Å². The summed E-state index contributed by atoms with van der Waals surface area (Å²) in [4.78, 5) is 38.8. The van der Waals surface area contributed by atoms with Gasteiger partial charge in [-0.1, -0.05) is 0 Å². The molecule has 0 aromatic carbocycles. The lowest BCUT2D eigenvalue weighted by atomic mass is 10.4. The molecule has 0 aliphatic carbocycles. The van der Waals surface area contributed by atoms with Crippen molar-refractivity contribution in [1.29, 1.82) is 0 Å². The minimum Gasteiger partial charge on any atom is -0.476 e. The van der Waals surface area contributed by atoms with E-state index in [4.69, 9.17) is 5.11 Å². The summed E-state index contributed by atoms with van der Waals surface area (Å²) in [5.74, 6) is -1.19. The highest BCUT2D eigenvalue weighted by atomic mass is 32.1. The van der Waals surface area contributed by atoms with Crippen LogP contribution in [-0.2, 0) is 11.2 Å². The number of rotatable bonds is 7. The summed E-state index contributed by atoms with van der Waals surface area (Å²) in [6.07, 6.45) is 0.710. The Hall–Kier alpha value is -2.16. The number of amides is 3. The normalized spacial score (nSPS) is 10.0. The van der Waals surface area contributed by atoms with Crippen molar-refractivity contribution < 1.29 is 19.5 Å². The molecule has 0 aliphatic rings. The van der Waals surface area contributed by atoms with E-state index in [1.165, 1.54) is 21.6 Å². The molecule has 21 heavy (non-hydrogen) atoms. The van der Waals surface area contributed by atoms with Gasteiger partial charge in [0.05, 0.1) is 5.01 Å². The minimum atomic E-state index is -1.06. The van der Waals surface area contributed by atoms with Crippen molar-refractivity contribution in [3.05, 3.63) is 16.1 Å². The molecule has 0 fully saturated rings. The van der Waals surface area contributed by atoms with E-state index in [9.17, 15) is 14.4 Å². The molecule has 1 aromatic rings. The van der Waals surface area contributed by atoms with Crippen LogP contribution in [0.25, 0.3) is 0 Å². The van der Waals surface area contributed by atoms with Gasteiger partial charge in [-0.15, -0.1) is 11.3 Å². The van der Waals surface area contributed by atoms with Gasteiger partial charge in [0.2, 0.25) is 5.91 Å². The van der Waals surface area contributed by atoms with Crippen molar-refractivity contribution in [3.8, 4) is 0 Å². The van der Waals surface area contributed by atoms with Crippen LogP contribution in [-0.4, -0.2) is 60.1 Å². The van der Waals surface area contributed by atoms with E-state index < -0.39 is 5.97 Å². The average molecular weight is 314 g/mol. The van der Waals surface area contributed by atoms with E-state index in [2.05, 4.69) is 15.6 Å². The van der Waals surface area contributed by atoms with Gasteiger partial charge in [-0.05, 0) is 0 Å². The van der Waals surface area contributed by atoms with Crippen LogP contribution in [0.3, 0.4) is 0 Å². The smallest absolute Gasteiger partial charge is 0.355 e. The third-order valence-corrected chi connectivity index (χ3v) is 3.59.